The number of amides is 2. The van der Waals surface area contributed by atoms with E-state index in [9.17, 15) is 22.8 Å². The third-order valence-electron chi connectivity index (χ3n) is 3.97. The smallest absolute Gasteiger partial charge is 0.416 e. The zero-order valence-corrected chi connectivity index (χ0v) is 15.8. The Morgan fingerprint density at radius 3 is 2.55 bits per heavy atom. The van der Waals surface area contributed by atoms with Crippen molar-refractivity contribution in [2.45, 2.75) is 32.5 Å². The summed E-state index contributed by atoms with van der Waals surface area (Å²) in [7, 11) is 0. The second-order valence-corrected chi connectivity index (χ2v) is 6.77. The molecule has 9 heteroatoms. The Bertz CT molecular complexity index is 913. The molecular weight excluding hydrogens is 387 g/mol. The monoisotopic (exact) mass is 407 g/mol. The third-order valence-corrected chi connectivity index (χ3v) is 3.97. The number of nitrogens with one attached hydrogen (secondary N) is 2. The molecule has 0 saturated heterocycles. The number of carbonyl (C=O) groups excluding carboxylic acids is 2. The van der Waals surface area contributed by atoms with E-state index in [4.69, 9.17) is 9.68 Å². The highest BCUT2D eigenvalue weighted by Gasteiger charge is 2.31. The molecule has 0 radical (unpaired) electrons. The molecule has 0 aliphatic rings. The summed E-state index contributed by atoms with van der Waals surface area (Å²) in [6.45, 7) is 3.55. The molecule has 0 aliphatic heterocycles. The molecule has 6 nitrogen and oxygen atoms in total. The molecule has 2 amide bonds. The summed E-state index contributed by atoms with van der Waals surface area (Å²) in [5.74, 6) is -1.14. The van der Waals surface area contributed by atoms with E-state index in [2.05, 4.69) is 10.6 Å². The Hall–Kier alpha value is -3.28. The molecule has 0 unspecified atom stereocenters. The van der Waals surface area contributed by atoms with Gasteiger partial charge < -0.3 is 15.1 Å². The van der Waals surface area contributed by atoms with Crippen LogP contribution in [0.15, 0.2) is 40.8 Å². The van der Waals surface area contributed by atoms with Gasteiger partial charge >= 0.3 is 6.18 Å². The molecule has 1 aromatic heterocycles. The van der Waals surface area contributed by atoms with Gasteiger partial charge in [-0.1, -0.05) is 26.0 Å². The summed E-state index contributed by atoms with van der Waals surface area (Å²) in [6, 6.07) is 8.17. The first-order chi connectivity index (χ1) is 13.6. The van der Waals surface area contributed by atoms with Gasteiger partial charge in [-0.25, -0.2) is 0 Å². The number of halogens is 3. The van der Waals surface area contributed by atoms with Gasteiger partial charge in [0.15, 0.2) is 5.76 Å². The number of hydrogen-bond donors (Lipinski definition) is 2. The standard InChI is InChI=1S/C20H20F3N3O3/c1-12(2)10-15(18(27)25-9-8-24)26-19(28)17-7-6-16(29-17)13-4-3-5-14(11-13)20(21,22)23/h3-7,11-12,15H,9-10H2,1-2H3,(H,25,27)(H,26,28)/t15-/m0/s1. The predicted molar refractivity (Wildman–Crippen MR) is 98.5 cm³/mol. The lowest BCUT2D eigenvalue weighted by Crippen LogP contribution is -2.47. The molecule has 0 spiro atoms. The number of carbonyl (C=O) groups is 2. The summed E-state index contributed by atoms with van der Waals surface area (Å²) < 4.78 is 44.0. The molecule has 0 fully saturated rings. The average Bonchev–Trinajstić information content (AvgIpc) is 3.15. The number of furan rings is 1. The quantitative estimate of drug-likeness (QED) is 0.684. The maximum absolute atomic E-state index is 12.9. The SMILES string of the molecule is CC(C)C[C@H](NC(=O)c1ccc(-c2cccc(C(F)(F)F)c2)o1)C(=O)NCC#N. The van der Waals surface area contributed by atoms with Gasteiger partial charge in [0.25, 0.3) is 5.91 Å². The summed E-state index contributed by atoms with van der Waals surface area (Å²) in [4.78, 5) is 24.6. The van der Waals surface area contributed by atoms with Crippen LogP contribution in [-0.2, 0) is 11.0 Å². The van der Waals surface area contributed by atoms with Crippen LogP contribution in [0.25, 0.3) is 11.3 Å². The van der Waals surface area contributed by atoms with Crippen molar-refractivity contribution in [1.82, 2.24) is 10.6 Å². The molecule has 1 heterocycles. The first-order valence-electron chi connectivity index (χ1n) is 8.84. The zero-order valence-electron chi connectivity index (χ0n) is 15.8. The minimum absolute atomic E-state index is 0.0883. The van der Waals surface area contributed by atoms with E-state index in [1.54, 1.807) is 6.07 Å². The van der Waals surface area contributed by atoms with Crippen molar-refractivity contribution in [3.8, 4) is 17.4 Å². The Kier molecular flexibility index (Phi) is 7.04. The molecule has 0 aliphatic carbocycles. The Morgan fingerprint density at radius 2 is 1.93 bits per heavy atom. The second kappa shape index (κ2) is 9.28. The lowest BCUT2D eigenvalue weighted by molar-refractivity contribution is -0.137. The molecule has 0 saturated carbocycles. The minimum atomic E-state index is -4.50. The van der Waals surface area contributed by atoms with Gasteiger partial charge in [-0.2, -0.15) is 18.4 Å². The molecule has 1 atom stereocenters. The Balaban J connectivity index is 2.17. The van der Waals surface area contributed by atoms with Crippen molar-refractivity contribution in [1.29, 1.82) is 5.26 Å². The van der Waals surface area contributed by atoms with Gasteiger partial charge in [0.05, 0.1) is 11.6 Å². The molecule has 0 bridgehead atoms. The van der Waals surface area contributed by atoms with Crippen LogP contribution in [0.3, 0.4) is 0 Å². The fourth-order valence-electron chi connectivity index (χ4n) is 2.65. The number of alkyl halides is 3. The number of rotatable bonds is 7. The van der Waals surface area contributed by atoms with Crippen LogP contribution in [0.2, 0.25) is 0 Å². The van der Waals surface area contributed by atoms with E-state index in [0.717, 1.165) is 12.1 Å². The molecule has 154 valence electrons. The third kappa shape index (κ3) is 6.10. The van der Waals surface area contributed by atoms with Crippen molar-refractivity contribution < 1.29 is 27.2 Å². The van der Waals surface area contributed by atoms with Gasteiger partial charge in [-0.3, -0.25) is 9.59 Å². The van der Waals surface area contributed by atoms with E-state index in [0.29, 0.717) is 6.42 Å². The van der Waals surface area contributed by atoms with Crippen molar-refractivity contribution >= 4 is 11.8 Å². The van der Waals surface area contributed by atoms with Crippen molar-refractivity contribution in [2.75, 3.05) is 6.54 Å². The first kappa shape index (κ1) is 22.0. The van der Waals surface area contributed by atoms with Crippen molar-refractivity contribution in [3.63, 3.8) is 0 Å². The highest BCUT2D eigenvalue weighted by atomic mass is 19.4. The molecule has 1 aromatic carbocycles. The minimum Gasteiger partial charge on any atom is -0.451 e. The molecular formula is C20H20F3N3O3. The maximum Gasteiger partial charge on any atom is 0.416 e. The topological polar surface area (TPSA) is 95.1 Å². The maximum atomic E-state index is 12.9. The predicted octanol–water partition coefficient (Wildman–Crippen LogP) is 3.75. The van der Waals surface area contributed by atoms with Crippen molar-refractivity contribution in [3.05, 3.63) is 47.7 Å². The molecule has 29 heavy (non-hydrogen) atoms. The Labute approximate surface area is 165 Å². The number of hydrogen-bond acceptors (Lipinski definition) is 4. The van der Waals surface area contributed by atoms with E-state index in [1.165, 1.54) is 24.3 Å². The average molecular weight is 407 g/mol. The largest absolute Gasteiger partial charge is 0.451 e. The summed E-state index contributed by atoms with van der Waals surface area (Å²) in [5, 5.41) is 13.5. The normalized spacial score (nSPS) is 12.3. The van der Waals surface area contributed by atoms with Crippen LogP contribution in [-0.4, -0.2) is 24.4 Å². The van der Waals surface area contributed by atoms with E-state index in [1.807, 2.05) is 13.8 Å². The van der Waals surface area contributed by atoms with Crippen LogP contribution >= 0.6 is 0 Å². The van der Waals surface area contributed by atoms with Gasteiger partial charge in [-0.05, 0) is 36.6 Å². The summed E-state index contributed by atoms with van der Waals surface area (Å²) in [5.41, 5.74) is -0.659. The lowest BCUT2D eigenvalue weighted by Gasteiger charge is -2.18. The lowest BCUT2D eigenvalue weighted by atomic mass is 10.0. The van der Waals surface area contributed by atoms with Gasteiger partial charge in [0, 0.05) is 5.56 Å². The summed E-state index contributed by atoms with van der Waals surface area (Å²) >= 11 is 0. The second-order valence-electron chi connectivity index (χ2n) is 6.77. The fourth-order valence-corrected chi connectivity index (χ4v) is 2.65. The van der Waals surface area contributed by atoms with Crippen LogP contribution in [0.5, 0.6) is 0 Å². The number of nitriles is 1. The van der Waals surface area contributed by atoms with E-state index >= 15 is 0 Å². The van der Waals surface area contributed by atoms with Gasteiger partial charge in [0.2, 0.25) is 5.91 Å². The Morgan fingerprint density at radius 1 is 1.21 bits per heavy atom. The van der Waals surface area contributed by atoms with Crippen LogP contribution in [0, 0.1) is 17.2 Å². The highest BCUT2D eigenvalue weighted by molar-refractivity contribution is 5.96. The van der Waals surface area contributed by atoms with Gasteiger partial charge in [0.1, 0.15) is 18.3 Å². The van der Waals surface area contributed by atoms with E-state index < -0.39 is 29.6 Å². The fraction of sp³-hybridized carbons (Fsp3) is 0.350. The van der Waals surface area contributed by atoms with Gasteiger partial charge in [-0.15, -0.1) is 0 Å². The van der Waals surface area contributed by atoms with Crippen molar-refractivity contribution in [2.24, 2.45) is 5.92 Å². The molecule has 2 N–H and O–H groups in total. The first-order valence-corrected chi connectivity index (χ1v) is 8.84. The zero-order chi connectivity index (χ0) is 21.6. The highest BCUT2D eigenvalue weighted by Crippen LogP contribution is 2.32. The molecule has 2 rings (SSSR count). The molecule has 2 aromatic rings. The van der Waals surface area contributed by atoms with Crippen LogP contribution in [0.4, 0.5) is 13.2 Å². The van der Waals surface area contributed by atoms with Crippen LogP contribution < -0.4 is 10.6 Å². The van der Waals surface area contributed by atoms with E-state index in [-0.39, 0.29) is 29.5 Å². The summed E-state index contributed by atoms with van der Waals surface area (Å²) in [6.07, 6.45) is -4.16. The number of nitrogens with zero attached hydrogens (tertiary/aromatic N) is 1. The van der Waals surface area contributed by atoms with Crippen LogP contribution in [0.1, 0.15) is 36.4 Å². The number of benzene rings is 1.